The standard InChI is InChI=1S/C22H38N6O/c1-18(17-28-13-11-27(5)12-14-28)16-25-22(23-2)24-10-9-19-7-6-8-20(15-19)21(29)26(3)4/h6-8,15,18H,9-14,16-17H2,1-5H3,(H2,23,24,25). The van der Waals surface area contributed by atoms with Gasteiger partial charge in [0.2, 0.25) is 0 Å². The molecule has 0 spiro atoms. The van der Waals surface area contributed by atoms with E-state index in [9.17, 15) is 4.79 Å². The van der Waals surface area contributed by atoms with Gasteiger partial charge < -0.3 is 25.3 Å². The summed E-state index contributed by atoms with van der Waals surface area (Å²) in [5.41, 5.74) is 1.87. The number of guanidine groups is 1. The van der Waals surface area contributed by atoms with E-state index < -0.39 is 0 Å². The normalized spacial score (nSPS) is 17.1. The number of nitrogens with one attached hydrogen (secondary N) is 2. The van der Waals surface area contributed by atoms with Gasteiger partial charge in [-0.15, -0.1) is 0 Å². The molecule has 1 aromatic carbocycles. The highest BCUT2D eigenvalue weighted by Gasteiger charge is 2.16. The number of nitrogens with zero attached hydrogens (tertiary/aromatic N) is 4. The highest BCUT2D eigenvalue weighted by molar-refractivity contribution is 5.94. The molecule has 1 saturated heterocycles. The summed E-state index contributed by atoms with van der Waals surface area (Å²) >= 11 is 0. The van der Waals surface area contributed by atoms with Gasteiger partial charge in [0.1, 0.15) is 0 Å². The molecule has 1 aliphatic heterocycles. The van der Waals surface area contributed by atoms with Crippen molar-refractivity contribution in [2.75, 3.05) is 74.0 Å². The Labute approximate surface area is 176 Å². The van der Waals surface area contributed by atoms with E-state index in [-0.39, 0.29) is 5.91 Å². The van der Waals surface area contributed by atoms with Crippen LogP contribution >= 0.6 is 0 Å². The Morgan fingerprint density at radius 2 is 1.93 bits per heavy atom. The topological polar surface area (TPSA) is 63.2 Å². The van der Waals surface area contributed by atoms with E-state index in [1.165, 1.54) is 0 Å². The van der Waals surface area contributed by atoms with E-state index >= 15 is 0 Å². The first kappa shape index (κ1) is 23.2. The van der Waals surface area contributed by atoms with E-state index in [2.05, 4.69) is 45.5 Å². The first-order valence-electron chi connectivity index (χ1n) is 10.5. The van der Waals surface area contributed by atoms with Crippen LogP contribution < -0.4 is 10.6 Å². The SMILES string of the molecule is CN=C(NCCc1cccc(C(=O)N(C)C)c1)NCC(C)CN1CCN(C)CC1. The molecule has 1 amide bonds. The number of benzene rings is 1. The van der Waals surface area contributed by atoms with Gasteiger partial charge in [-0.05, 0) is 37.1 Å². The predicted molar refractivity (Wildman–Crippen MR) is 121 cm³/mol. The molecule has 1 heterocycles. The van der Waals surface area contributed by atoms with Crippen LogP contribution in [0.2, 0.25) is 0 Å². The maximum Gasteiger partial charge on any atom is 0.253 e. The van der Waals surface area contributed by atoms with Crippen molar-refractivity contribution in [2.45, 2.75) is 13.3 Å². The van der Waals surface area contributed by atoms with Crippen LogP contribution in [0.1, 0.15) is 22.8 Å². The third-order valence-electron chi connectivity index (χ3n) is 5.29. The smallest absolute Gasteiger partial charge is 0.253 e. The predicted octanol–water partition coefficient (Wildman–Crippen LogP) is 0.979. The number of hydrogen-bond acceptors (Lipinski definition) is 4. The molecular formula is C22H38N6O. The van der Waals surface area contributed by atoms with Crippen LogP contribution in [0.25, 0.3) is 0 Å². The number of carbonyl (C=O) groups excluding carboxylic acids is 1. The fourth-order valence-corrected chi connectivity index (χ4v) is 3.47. The molecule has 0 aliphatic carbocycles. The summed E-state index contributed by atoms with van der Waals surface area (Å²) in [6.07, 6.45) is 0.839. The lowest BCUT2D eigenvalue weighted by Crippen LogP contribution is -2.47. The van der Waals surface area contributed by atoms with Crippen molar-refractivity contribution in [1.82, 2.24) is 25.3 Å². The lowest BCUT2D eigenvalue weighted by atomic mass is 10.1. The zero-order valence-electron chi connectivity index (χ0n) is 18.7. The number of carbonyl (C=O) groups is 1. The Kier molecular flexibility index (Phi) is 9.41. The van der Waals surface area contributed by atoms with Crippen LogP contribution in [0.15, 0.2) is 29.3 Å². The molecule has 162 valence electrons. The molecule has 1 unspecified atom stereocenters. The van der Waals surface area contributed by atoms with Crippen molar-refractivity contribution in [3.05, 3.63) is 35.4 Å². The fraction of sp³-hybridized carbons (Fsp3) is 0.636. The molecule has 1 aliphatic rings. The van der Waals surface area contributed by atoms with Gasteiger partial charge in [0.05, 0.1) is 0 Å². The first-order chi connectivity index (χ1) is 13.9. The van der Waals surface area contributed by atoms with Crippen LogP contribution in [0.3, 0.4) is 0 Å². The number of amides is 1. The number of aliphatic imine (C=N–C) groups is 1. The molecule has 2 rings (SSSR count). The summed E-state index contributed by atoms with van der Waals surface area (Å²) in [6.45, 7) is 9.70. The van der Waals surface area contributed by atoms with Gasteiger partial charge in [-0.25, -0.2) is 0 Å². The highest BCUT2D eigenvalue weighted by atomic mass is 16.2. The van der Waals surface area contributed by atoms with Crippen molar-refractivity contribution in [3.8, 4) is 0 Å². The molecule has 0 aromatic heterocycles. The molecule has 7 nitrogen and oxygen atoms in total. The molecule has 0 bridgehead atoms. The van der Waals surface area contributed by atoms with Crippen molar-refractivity contribution < 1.29 is 4.79 Å². The number of piperazine rings is 1. The van der Waals surface area contributed by atoms with E-state index in [1.54, 1.807) is 26.0 Å². The molecule has 0 saturated carbocycles. The second-order valence-corrected chi connectivity index (χ2v) is 8.24. The summed E-state index contributed by atoms with van der Waals surface area (Å²) in [4.78, 5) is 23.0. The Morgan fingerprint density at radius 1 is 1.21 bits per heavy atom. The third-order valence-corrected chi connectivity index (χ3v) is 5.29. The molecule has 1 aromatic rings. The van der Waals surface area contributed by atoms with Crippen molar-refractivity contribution in [2.24, 2.45) is 10.9 Å². The Balaban J connectivity index is 1.71. The van der Waals surface area contributed by atoms with Gasteiger partial charge in [-0.1, -0.05) is 19.1 Å². The summed E-state index contributed by atoms with van der Waals surface area (Å²) in [6, 6.07) is 7.83. The molecule has 1 fully saturated rings. The van der Waals surface area contributed by atoms with Crippen molar-refractivity contribution in [3.63, 3.8) is 0 Å². The van der Waals surface area contributed by atoms with Gasteiger partial charge in [-0.2, -0.15) is 0 Å². The van der Waals surface area contributed by atoms with E-state index in [0.717, 1.165) is 69.3 Å². The maximum absolute atomic E-state index is 12.1. The highest BCUT2D eigenvalue weighted by Crippen LogP contribution is 2.08. The average molecular weight is 403 g/mol. The van der Waals surface area contributed by atoms with Gasteiger partial charge in [0.25, 0.3) is 5.91 Å². The third kappa shape index (κ3) is 8.03. The molecule has 7 heteroatoms. The van der Waals surface area contributed by atoms with Crippen LogP contribution in [0.5, 0.6) is 0 Å². The second kappa shape index (κ2) is 11.8. The number of rotatable bonds is 8. The zero-order valence-corrected chi connectivity index (χ0v) is 18.7. The lowest BCUT2D eigenvalue weighted by molar-refractivity contribution is 0.0827. The lowest BCUT2D eigenvalue weighted by Gasteiger charge is -2.34. The minimum absolute atomic E-state index is 0.0339. The van der Waals surface area contributed by atoms with Gasteiger partial charge in [0, 0.05) is 72.5 Å². The Morgan fingerprint density at radius 3 is 2.59 bits per heavy atom. The summed E-state index contributed by atoms with van der Waals surface area (Å²) in [7, 11) is 7.54. The monoisotopic (exact) mass is 402 g/mol. The largest absolute Gasteiger partial charge is 0.356 e. The zero-order chi connectivity index (χ0) is 21.2. The fourth-order valence-electron chi connectivity index (χ4n) is 3.47. The first-order valence-corrected chi connectivity index (χ1v) is 10.5. The summed E-state index contributed by atoms with van der Waals surface area (Å²) in [5.74, 6) is 1.42. The van der Waals surface area contributed by atoms with Crippen molar-refractivity contribution >= 4 is 11.9 Å². The maximum atomic E-state index is 12.1. The van der Waals surface area contributed by atoms with E-state index in [1.807, 2.05) is 18.2 Å². The molecular weight excluding hydrogens is 364 g/mol. The Hall–Kier alpha value is -2.12. The molecule has 29 heavy (non-hydrogen) atoms. The van der Waals surface area contributed by atoms with Gasteiger partial charge in [-0.3, -0.25) is 9.79 Å². The van der Waals surface area contributed by atoms with Crippen LogP contribution in [-0.4, -0.2) is 101 Å². The van der Waals surface area contributed by atoms with Gasteiger partial charge in [0.15, 0.2) is 5.96 Å². The second-order valence-electron chi connectivity index (χ2n) is 8.24. The van der Waals surface area contributed by atoms with Gasteiger partial charge >= 0.3 is 0 Å². The molecule has 1 atom stereocenters. The van der Waals surface area contributed by atoms with Crippen LogP contribution in [0, 0.1) is 5.92 Å². The van der Waals surface area contributed by atoms with E-state index in [0.29, 0.717) is 5.92 Å². The minimum atomic E-state index is 0.0339. The summed E-state index contributed by atoms with van der Waals surface area (Å²) < 4.78 is 0. The van der Waals surface area contributed by atoms with E-state index in [4.69, 9.17) is 0 Å². The molecule has 0 radical (unpaired) electrons. The average Bonchev–Trinajstić information content (AvgIpc) is 2.71. The Bertz CT molecular complexity index is 667. The van der Waals surface area contributed by atoms with Crippen LogP contribution in [0.4, 0.5) is 0 Å². The number of hydrogen-bond donors (Lipinski definition) is 2. The number of likely N-dealkylation sites (N-methyl/N-ethyl adjacent to an activating group) is 1. The molecule has 2 N–H and O–H groups in total. The quantitative estimate of drug-likeness (QED) is 0.501. The minimum Gasteiger partial charge on any atom is -0.356 e. The van der Waals surface area contributed by atoms with Crippen molar-refractivity contribution in [1.29, 1.82) is 0 Å². The summed E-state index contributed by atoms with van der Waals surface area (Å²) in [5, 5.41) is 6.82. The van der Waals surface area contributed by atoms with Crippen LogP contribution in [-0.2, 0) is 6.42 Å².